The molecule has 1 rings (SSSR count). The summed E-state index contributed by atoms with van der Waals surface area (Å²) in [5.41, 5.74) is 2.37. The summed E-state index contributed by atoms with van der Waals surface area (Å²) < 4.78 is 40.0. The van der Waals surface area contributed by atoms with Gasteiger partial charge in [-0.05, 0) is 19.3 Å². The van der Waals surface area contributed by atoms with Crippen molar-refractivity contribution in [2.75, 3.05) is 13.1 Å². The van der Waals surface area contributed by atoms with E-state index in [9.17, 15) is 18.0 Å². The first-order valence-corrected chi connectivity index (χ1v) is 6.15. The zero-order valence-electron chi connectivity index (χ0n) is 11.1. The molecule has 0 bridgehead atoms. The molecule has 1 saturated heterocycles. The van der Waals surface area contributed by atoms with Gasteiger partial charge in [0, 0.05) is 18.5 Å². The van der Waals surface area contributed by atoms with Crippen LogP contribution in [0, 0.1) is 5.41 Å². The van der Waals surface area contributed by atoms with E-state index in [0.29, 0.717) is 12.8 Å². The molecular formula is C12H21F3N2O. The molecule has 1 heterocycles. The molecule has 2 N–H and O–H groups in total. The first-order chi connectivity index (χ1) is 8.06. The molecule has 0 aliphatic carbocycles. The summed E-state index contributed by atoms with van der Waals surface area (Å²) in [5, 5.41) is 0. The van der Waals surface area contributed by atoms with Gasteiger partial charge in [0.1, 0.15) is 0 Å². The van der Waals surface area contributed by atoms with Crippen LogP contribution in [0.3, 0.4) is 0 Å². The Bertz CT molecular complexity index is 322. The van der Waals surface area contributed by atoms with Crippen LogP contribution in [0.4, 0.5) is 13.2 Å². The second-order valence-corrected chi connectivity index (χ2v) is 5.90. The van der Waals surface area contributed by atoms with E-state index in [-0.39, 0.29) is 13.0 Å². The monoisotopic (exact) mass is 266 g/mol. The Balaban J connectivity index is 3.17. The van der Waals surface area contributed by atoms with E-state index in [1.54, 1.807) is 20.8 Å². The van der Waals surface area contributed by atoms with Crippen molar-refractivity contribution in [2.45, 2.75) is 51.7 Å². The number of carbonyl (C=O) groups is 1. The van der Waals surface area contributed by atoms with Crippen LogP contribution in [0.2, 0.25) is 0 Å². The standard InChI is InChI=1S/C12H21F3N2O/c1-10(2,3)9(18)17-7-5-4-6-11(17,8-16)12(13,14)15/h4-8,16H2,1-3H3. The van der Waals surface area contributed by atoms with E-state index in [4.69, 9.17) is 5.73 Å². The highest BCUT2D eigenvalue weighted by Crippen LogP contribution is 2.43. The van der Waals surface area contributed by atoms with Crippen molar-refractivity contribution in [1.29, 1.82) is 0 Å². The van der Waals surface area contributed by atoms with Gasteiger partial charge in [-0.3, -0.25) is 4.79 Å². The van der Waals surface area contributed by atoms with Crippen LogP contribution in [0.15, 0.2) is 0 Å². The topological polar surface area (TPSA) is 46.3 Å². The Labute approximate surface area is 106 Å². The van der Waals surface area contributed by atoms with Crippen LogP contribution in [0.25, 0.3) is 0 Å². The SMILES string of the molecule is CC(C)(C)C(=O)N1CCCCC1(CN)C(F)(F)F. The lowest BCUT2D eigenvalue weighted by molar-refractivity contribution is -0.239. The fourth-order valence-electron chi connectivity index (χ4n) is 2.36. The minimum Gasteiger partial charge on any atom is -0.328 e. The fourth-order valence-corrected chi connectivity index (χ4v) is 2.36. The van der Waals surface area contributed by atoms with Crippen LogP contribution < -0.4 is 5.73 Å². The van der Waals surface area contributed by atoms with Crippen molar-refractivity contribution in [2.24, 2.45) is 11.1 Å². The van der Waals surface area contributed by atoms with Gasteiger partial charge < -0.3 is 10.6 Å². The number of hydrogen-bond acceptors (Lipinski definition) is 2. The number of piperidine rings is 1. The second-order valence-electron chi connectivity index (χ2n) is 5.90. The van der Waals surface area contributed by atoms with Crippen molar-refractivity contribution < 1.29 is 18.0 Å². The van der Waals surface area contributed by atoms with Crippen LogP contribution in [-0.2, 0) is 4.79 Å². The summed E-state index contributed by atoms with van der Waals surface area (Å²) in [6.07, 6.45) is -3.54. The Morgan fingerprint density at radius 2 is 1.83 bits per heavy atom. The third-order valence-electron chi connectivity index (χ3n) is 3.49. The van der Waals surface area contributed by atoms with Crippen LogP contribution in [-0.4, -0.2) is 35.6 Å². The average molecular weight is 266 g/mol. The van der Waals surface area contributed by atoms with E-state index in [1.807, 2.05) is 0 Å². The van der Waals surface area contributed by atoms with E-state index in [0.717, 1.165) is 4.90 Å². The third-order valence-corrected chi connectivity index (χ3v) is 3.49. The van der Waals surface area contributed by atoms with Gasteiger partial charge in [0.25, 0.3) is 0 Å². The second kappa shape index (κ2) is 4.72. The highest BCUT2D eigenvalue weighted by atomic mass is 19.4. The zero-order valence-corrected chi connectivity index (χ0v) is 11.1. The van der Waals surface area contributed by atoms with Gasteiger partial charge in [-0.2, -0.15) is 13.2 Å². The van der Waals surface area contributed by atoms with Crippen LogP contribution in [0.5, 0.6) is 0 Å². The molecule has 18 heavy (non-hydrogen) atoms. The maximum absolute atomic E-state index is 13.3. The molecule has 0 aromatic rings. The van der Waals surface area contributed by atoms with Gasteiger partial charge in [0.05, 0.1) is 0 Å². The Morgan fingerprint density at radius 1 is 1.28 bits per heavy atom. The molecule has 0 aromatic carbocycles. The number of hydrogen-bond donors (Lipinski definition) is 1. The highest BCUT2D eigenvalue weighted by molar-refractivity contribution is 5.82. The molecule has 6 heteroatoms. The van der Waals surface area contributed by atoms with Gasteiger partial charge >= 0.3 is 6.18 Å². The average Bonchev–Trinajstić information content (AvgIpc) is 2.25. The van der Waals surface area contributed by atoms with Gasteiger partial charge in [0.15, 0.2) is 5.54 Å². The van der Waals surface area contributed by atoms with E-state index >= 15 is 0 Å². The van der Waals surface area contributed by atoms with Crippen molar-refractivity contribution >= 4 is 5.91 Å². The lowest BCUT2D eigenvalue weighted by Crippen LogP contribution is -2.67. The van der Waals surface area contributed by atoms with E-state index < -0.39 is 29.6 Å². The number of nitrogens with zero attached hydrogens (tertiary/aromatic N) is 1. The molecule has 1 fully saturated rings. The summed E-state index contributed by atoms with van der Waals surface area (Å²) in [6.45, 7) is 4.44. The molecule has 0 spiro atoms. The predicted molar refractivity (Wildman–Crippen MR) is 62.9 cm³/mol. The molecule has 1 atom stereocenters. The van der Waals surface area contributed by atoms with Crippen LogP contribution in [0.1, 0.15) is 40.0 Å². The van der Waals surface area contributed by atoms with Crippen molar-refractivity contribution in [3.8, 4) is 0 Å². The molecule has 0 aromatic heterocycles. The number of carbonyl (C=O) groups excluding carboxylic acids is 1. The molecule has 0 radical (unpaired) electrons. The van der Waals surface area contributed by atoms with E-state index in [2.05, 4.69) is 0 Å². The molecule has 3 nitrogen and oxygen atoms in total. The Kier molecular flexibility index (Phi) is 4.00. The fraction of sp³-hybridized carbons (Fsp3) is 0.917. The molecule has 0 saturated carbocycles. The van der Waals surface area contributed by atoms with E-state index in [1.165, 1.54) is 0 Å². The zero-order chi connectivity index (χ0) is 14.2. The number of halogens is 3. The minimum atomic E-state index is -4.48. The number of amides is 1. The maximum Gasteiger partial charge on any atom is 0.412 e. The van der Waals surface area contributed by atoms with Crippen molar-refractivity contribution in [1.82, 2.24) is 4.90 Å². The van der Waals surface area contributed by atoms with Crippen molar-refractivity contribution in [3.05, 3.63) is 0 Å². The molecule has 1 aliphatic rings. The Morgan fingerprint density at radius 3 is 2.22 bits per heavy atom. The van der Waals surface area contributed by atoms with Gasteiger partial charge in [0.2, 0.25) is 5.91 Å². The summed E-state index contributed by atoms with van der Waals surface area (Å²) in [5.74, 6) is -0.482. The first kappa shape index (κ1) is 15.3. The quantitative estimate of drug-likeness (QED) is 0.791. The van der Waals surface area contributed by atoms with Gasteiger partial charge in [-0.1, -0.05) is 20.8 Å². The summed E-state index contributed by atoms with van der Waals surface area (Å²) >= 11 is 0. The summed E-state index contributed by atoms with van der Waals surface area (Å²) in [7, 11) is 0. The Hall–Kier alpha value is -0.780. The molecule has 1 unspecified atom stereocenters. The normalized spacial score (nSPS) is 26.3. The largest absolute Gasteiger partial charge is 0.412 e. The number of rotatable bonds is 1. The summed E-state index contributed by atoms with van der Waals surface area (Å²) in [4.78, 5) is 13.2. The van der Waals surface area contributed by atoms with Crippen molar-refractivity contribution in [3.63, 3.8) is 0 Å². The smallest absolute Gasteiger partial charge is 0.328 e. The number of likely N-dealkylation sites (tertiary alicyclic amines) is 1. The van der Waals surface area contributed by atoms with Gasteiger partial charge in [-0.15, -0.1) is 0 Å². The summed E-state index contributed by atoms with van der Waals surface area (Å²) in [6, 6.07) is 0. The van der Waals surface area contributed by atoms with Gasteiger partial charge in [-0.25, -0.2) is 0 Å². The van der Waals surface area contributed by atoms with Crippen LogP contribution >= 0.6 is 0 Å². The first-order valence-electron chi connectivity index (χ1n) is 6.15. The number of nitrogens with two attached hydrogens (primary N) is 1. The molecule has 1 aliphatic heterocycles. The molecule has 1 amide bonds. The minimum absolute atomic E-state index is 0.102. The maximum atomic E-state index is 13.3. The lowest BCUT2D eigenvalue weighted by Gasteiger charge is -2.49. The molecular weight excluding hydrogens is 245 g/mol. The lowest BCUT2D eigenvalue weighted by atomic mass is 9.82. The predicted octanol–water partition coefficient (Wildman–Crippen LogP) is 2.30. The highest BCUT2D eigenvalue weighted by Gasteiger charge is 2.60. The number of alkyl halides is 3. The molecule has 106 valence electrons. The third kappa shape index (κ3) is 2.48.